The number of hydrogen-bond donors (Lipinski definition) is 1. The summed E-state index contributed by atoms with van der Waals surface area (Å²) in [4.78, 5) is 11.6. The van der Waals surface area contributed by atoms with Gasteiger partial charge in [0, 0.05) is 18.6 Å². The van der Waals surface area contributed by atoms with Gasteiger partial charge in [0.05, 0.1) is 5.60 Å². The highest BCUT2D eigenvalue weighted by atomic mass is 16.5. The van der Waals surface area contributed by atoms with Gasteiger partial charge in [0.15, 0.2) is 0 Å². The van der Waals surface area contributed by atoms with Crippen molar-refractivity contribution in [3.05, 3.63) is 0 Å². The lowest BCUT2D eigenvalue weighted by Crippen LogP contribution is -2.46. The molecule has 1 atom stereocenters. The van der Waals surface area contributed by atoms with Crippen LogP contribution in [0.15, 0.2) is 0 Å². The maximum atomic E-state index is 11.6. The molecule has 0 radical (unpaired) electrons. The Labute approximate surface area is 106 Å². The molecule has 0 saturated carbocycles. The van der Waals surface area contributed by atoms with Crippen LogP contribution >= 0.6 is 0 Å². The molecule has 0 aliphatic heterocycles. The van der Waals surface area contributed by atoms with E-state index in [1.807, 2.05) is 27.7 Å². The highest BCUT2D eigenvalue weighted by molar-refractivity contribution is 5.76. The summed E-state index contributed by atoms with van der Waals surface area (Å²) in [5, 5.41) is 3.11. The number of rotatable bonds is 7. The van der Waals surface area contributed by atoms with E-state index in [4.69, 9.17) is 4.74 Å². The minimum atomic E-state index is -0.141. The van der Waals surface area contributed by atoms with Gasteiger partial charge in [-0.2, -0.15) is 0 Å². The molecule has 0 bridgehead atoms. The van der Waals surface area contributed by atoms with Crippen LogP contribution in [0.1, 0.15) is 67.2 Å². The molecule has 3 nitrogen and oxygen atoms in total. The van der Waals surface area contributed by atoms with E-state index in [0.29, 0.717) is 13.0 Å². The van der Waals surface area contributed by atoms with Gasteiger partial charge in [-0.15, -0.1) is 0 Å². The largest absolute Gasteiger partial charge is 0.376 e. The van der Waals surface area contributed by atoms with Crippen molar-refractivity contribution in [1.82, 2.24) is 5.32 Å². The topological polar surface area (TPSA) is 38.3 Å². The molecular weight excluding hydrogens is 214 g/mol. The summed E-state index contributed by atoms with van der Waals surface area (Å²) in [5.74, 6) is 0.146. The van der Waals surface area contributed by atoms with Crippen molar-refractivity contribution in [2.75, 3.05) is 6.61 Å². The van der Waals surface area contributed by atoms with Gasteiger partial charge < -0.3 is 10.1 Å². The Bertz CT molecular complexity index is 233. The molecule has 0 fully saturated rings. The van der Waals surface area contributed by atoms with Crippen LogP contribution in [0.2, 0.25) is 0 Å². The van der Waals surface area contributed by atoms with Gasteiger partial charge in [0.1, 0.15) is 0 Å². The molecule has 1 unspecified atom stereocenters. The van der Waals surface area contributed by atoms with Crippen LogP contribution in [-0.4, -0.2) is 23.7 Å². The lowest BCUT2D eigenvalue weighted by molar-refractivity contribution is -0.123. The van der Waals surface area contributed by atoms with Gasteiger partial charge in [-0.1, -0.05) is 13.8 Å². The molecule has 1 N–H and O–H groups in total. The molecule has 0 saturated heterocycles. The minimum absolute atomic E-state index is 0.109. The van der Waals surface area contributed by atoms with Crippen molar-refractivity contribution in [3.63, 3.8) is 0 Å². The maximum absolute atomic E-state index is 11.6. The summed E-state index contributed by atoms with van der Waals surface area (Å²) in [6, 6.07) is 0. The van der Waals surface area contributed by atoms with E-state index in [-0.39, 0.29) is 17.0 Å². The molecule has 0 aromatic carbocycles. The molecule has 0 heterocycles. The Hall–Kier alpha value is -0.570. The lowest BCUT2D eigenvalue weighted by atomic mass is 9.94. The van der Waals surface area contributed by atoms with Crippen LogP contribution in [0, 0.1) is 0 Å². The molecule has 0 spiro atoms. The monoisotopic (exact) mass is 243 g/mol. The van der Waals surface area contributed by atoms with Crippen LogP contribution in [0.3, 0.4) is 0 Å². The van der Waals surface area contributed by atoms with Gasteiger partial charge in [0.2, 0.25) is 5.91 Å². The van der Waals surface area contributed by atoms with Crippen molar-refractivity contribution in [3.8, 4) is 0 Å². The molecule has 0 aliphatic carbocycles. The molecule has 17 heavy (non-hydrogen) atoms. The number of ether oxygens (including phenoxy) is 1. The van der Waals surface area contributed by atoms with Crippen LogP contribution in [0.25, 0.3) is 0 Å². The van der Waals surface area contributed by atoms with E-state index in [0.717, 1.165) is 19.3 Å². The summed E-state index contributed by atoms with van der Waals surface area (Å²) >= 11 is 0. The fourth-order valence-electron chi connectivity index (χ4n) is 1.54. The first-order valence-electron chi connectivity index (χ1n) is 6.67. The smallest absolute Gasteiger partial charge is 0.220 e. The van der Waals surface area contributed by atoms with Crippen LogP contribution < -0.4 is 5.32 Å². The summed E-state index contributed by atoms with van der Waals surface area (Å²) < 4.78 is 5.72. The zero-order chi connectivity index (χ0) is 13.5. The van der Waals surface area contributed by atoms with Gasteiger partial charge >= 0.3 is 0 Å². The Morgan fingerprint density at radius 1 is 1.18 bits per heavy atom. The number of carbonyl (C=O) groups excluding carboxylic acids is 1. The van der Waals surface area contributed by atoms with Crippen LogP contribution in [-0.2, 0) is 9.53 Å². The Morgan fingerprint density at radius 2 is 1.76 bits per heavy atom. The minimum Gasteiger partial charge on any atom is -0.376 e. The second-order valence-electron chi connectivity index (χ2n) is 5.92. The first-order chi connectivity index (χ1) is 7.72. The zero-order valence-electron chi connectivity index (χ0n) is 12.4. The third kappa shape index (κ3) is 8.19. The number of nitrogens with one attached hydrogen (secondary N) is 1. The van der Waals surface area contributed by atoms with Crippen molar-refractivity contribution in [1.29, 1.82) is 0 Å². The second-order valence-corrected chi connectivity index (χ2v) is 5.92. The Kier molecular flexibility index (Phi) is 6.76. The first-order valence-corrected chi connectivity index (χ1v) is 6.67. The number of amides is 1. The number of hydrogen-bond acceptors (Lipinski definition) is 2. The fourth-order valence-corrected chi connectivity index (χ4v) is 1.54. The van der Waals surface area contributed by atoms with Crippen molar-refractivity contribution in [2.24, 2.45) is 0 Å². The third-order valence-corrected chi connectivity index (χ3v) is 2.89. The summed E-state index contributed by atoms with van der Waals surface area (Å²) in [5.41, 5.74) is -0.250. The van der Waals surface area contributed by atoms with Gasteiger partial charge in [-0.3, -0.25) is 4.79 Å². The van der Waals surface area contributed by atoms with Crippen molar-refractivity contribution < 1.29 is 9.53 Å². The molecule has 3 heteroatoms. The Balaban J connectivity index is 4.14. The average molecular weight is 243 g/mol. The van der Waals surface area contributed by atoms with E-state index in [9.17, 15) is 4.79 Å². The number of carbonyl (C=O) groups is 1. The second kappa shape index (κ2) is 7.00. The standard InChI is InChI=1S/C14H29NO2/c1-7-9-12(16)15-14(6,8-2)10-11-17-13(3,4)5/h7-11H2,1-6H3,(H,15,16). The third-order valence-electron chi connectivity index (χ3n) is 2.89. The predicted octanol–water partition coefficient (Wildman–Crippen LogP) is 3.28. The average Bonchev–Trinajstić information content (AvgIpc) is 2.15. The first kappa shape index (κ1) is 16.4. The van der Waals surface area contributed by atoms with E-state index >= 15 is 0 Å². The van der Waals surface area contributed by atoms with E-state index in [1.54, 1.807) is 0 Å². The van der Waals surface area contributed by atoms with Gasteiger partial charge in [-0.25, -0.2) is 0 Å². The molecule has 0 aromatic rings. The Morgan fingerprint density at radius 3 is 2.18 bits per heavy atom. The van der Waals surface area contributed by atoms with E-state index in [1.165, 1.54) is 0 Å². The molecule has 1 amide bonds. The molecular formula is C14H29NO2. The quantitative estimate of drug-likeness (QED) is 0.745. The predicted molar refractivity (Wildman–Crippen MR) is 72.1 cm³/mol. The van der Waals surface area contributed by atoms with Gasteiger partial charge in [0.25, 0.3) is 0 Å². The van der Waals surface area contributed by atoms with E-state index in [2.05, 4.69) is 19.2 Å². The van der Waals surface area contributed by atoms with Crippen molar-refractivity contribution >= 4 is 5.91 Å². The van der Waals surface area contributed by atoms with E-state index < -0.39 is 0 Å². The highest BCUT2D eigenvalue weighted by Gasteiger charge is 2.24. The lowest BCUT2D eigenvalue weighted by Gasteiger charge is -2.31. The molecule has 102 valence electrons. The zero-order valence-corrected chi connectivity index (χ0v) is 12.4. The van der Waals surface area contributed by atoms with Gasteiger partial charge in [-0.05, 0) is 47.0 Å². The summed E-state index contributed by atoms with van der Waals surface area (Å²) in [7, 11) is 0. The maximum Gasteiger partial charge on any atom is 0.220 e. The summed E-state index contributed by atoms with van der Waals surface area (Å²) in [6.07, 6.45) is 3.28. The molecule has 0 aliphatic rings. The van der Waals surface area contributed by atoms with Crippen molar-refractivity contribution in [2.45, 2.75) is 78.4 Å². The normalized spacial score (nSPS) is 15.4. The molecule has 0 aromatic heterocycles. The highest BCUT2D eigenvalue weighted by Crippen LogP contribution is 2.17. The van der Waals surface area contributed by atoms with Crippen LogP contribution in [0.4, 0.5) is 0 Å². The molecule has 0 rings (SSSR count). The SMILES string of the molecule is CCCC(=O)NC(C)(CC)CCOC(C)(C)C. The fraction of sp³-hybridized carbons (Fsp3) is 0.929. The summed E-state index contributed by atoms with van der Waals surface area (Å²) in [6.45, 7) is 13.0. The van der Waals surface area contributed by atoms with Crippen LogP contribution in [0.5, 0.6) is 0 Å².